The molecule has 2 aromatic rings. The normalized spacial score (nSPS) is 10.0. The molecule has 2 rings (SSSR count). The first-order valence-corrected chi connectivity index (χ1v) is 8.47. The number of aliphatic hydroxyl groups is 1. The number of hydrogen-bond donors (Lipinski definition) is 2. The lowest BCUT2D eigenvalue weighted by Gasteiger charge is -2.03. The molecule has 0 saturated carbocycles. The van der Waals surface area contributed by atoms with Crippen LogP contribution in [0.15, 0.2) is 23.6 Å². The number of hydrogen-bond acceptors (Lipinski definition) is 4. The van der Waals surface area contributed by atoms with Gasteiger partial charge in [-0.1, -0.05) is 18.8 Å². The van der Waals surface area contributed by atoms with E-state index in [4.69, 9.17) is 5.11 Å². The second-order valence-electron chi connectivity index (χ2n) is 4.35. The van der Waals surface area contributed by atoms with Crippen LogP contribution < -0.4 is 5.32 Å². The molecule has 0 atom stereocenters. The van der Waals surface area contributed by atoms with Crippen molar-refractivity contribution < 1.29 is 9.90 Å². The zero-order valence-electron chi connectivity index (χ0n) is 11.8. The lowest BCUT2D eigenvalue weighted by Crippen LogP contribution is -2.22. The fourth-order valence-electron chi connectivity index (χ4n) is 1.81. The van der Waals surface area contributed by atoms with Crippen LogP contribution in [0, 0.1) is 11.8 Å². The molecule has 0 spiro atoms. The van der Waals surface area contributed by atoms with Crippen molar-refractivity contribution in [3.8, 4) is 11.8 Å². The van der Waals surface area contributed by atoms with E-state index in [9.17, 15) is 4.79 Å². The maximum atomic E-state index is 12.1. The lowest BCUT2D eigenvalue weighted by atomic mass is 10.2. The Hall–Kier alpha value is -1.61. The molecule has 21 heavy (non-hydrogen) atoms. The minimum absolute atomic E-state index is 0.0110. The molecule has 5 heteroatoms. The number of amides is 1. The largest absolute Gasteiger partial charge is 0.395 e. The average Bonchev–Trinajstić information content (AvgIpc) is 3.14. The van der Waals surface area contributed by atoms with Crippen molar-refractivity contribution in [2.75, 3.05) is 6.61 Å². The minimum Gasteiger partial charge on any atom is -0.395 e. The molecule has 110 valence electrons. The summed E-state index contributed by atoms with van der Waals surface area (Å²) in [7, 11) is 0. The van der Waals surface area contributed by atoms with E-state index in [1.165, 1.54) is 11.3 Å². The van der Waals surface area contributed by atoms with Crippen molar-refractivity contribution in [2.45, 2.75) is 26.3 Å². The second kappa shape index (κ2) is 7.99. The first-order chi connectivity index (χ1) is 10.2. The molecule has 0 aliphatic carbocycles. The summed E-state index contributed by atoms with van der Waals surface area (Å²) in [4.78, 5) is 15.0. The van der Waals surface area contributed by atoms with Crippen molar-refractivity contribution in [2.24, 2.45) is 0 Å². The smallest absolute Gasteiger partial charge is 0.261 e. The Morgan fingerprint density at radius 1 is 1.38 bits per heavy atom. The van der Waals surface area contributed by atoms with Crippen LogP contribution in [0.3, 0.4) is 0 Å². The van der Waals surface area contributed by atoms with Gasteiger partial charge >= 0.3 is 0 Å². The second-order valence-corrected chi connectivity index (χ2v) is 6.44. The Balaban J connectivity index is 1.92. The van der Waals surface area contributed by atoms with Gasteiger partial charge in [-0.15, -0.1) is 22.7 Å². The first kappa shape index (κ1) is 15.8. The summed E-state index contributed by atoms with van der Waals surface area (Å²) in [6.45, 7) is 2.66. The molecular weight excluding hydrogens is 302 g/mol. The molecule has 2 N–H and O–H groups in total. The van der Waals surface area contributed by atoms with Gasteiger partial charge in [-0.05, 0) is 35.6 Å². The highest BCUT2D eigenvalue weighted by Gasteiger charge is 2.11. The van der Waals surface area contributed by atoms with E-state index in [-0.39, 0.29) is 12.5 Å². The maximum Gasteiger partial charge on any atom is 0.261 e. The Kier molecular flexibility index (Phi) is 6.00. The van der Waals surface area contributed by atoms with Gasteiger partial charge < -0.3 is 10.4 Å². The fourth-order valence-corrected chi connectivity index (χ4v) is 3.54. The highest BCUT2D eigenvalue weighted by molar-refractivity contribution is 7.12. The summed E-state index contributed by atoms with van der Waals surface area (Å²) in [5, 5.41) is 13.6. The van der Waals surface area contributed by atoms with Crippen molar-refractivity contribution in [1.82, 2.24) is 5.32 Å². The van der Waals surface area contributed by atoms with Crippen molar-refractivity contribution in [1.29, 1.82) is 0 Å². The Labute approximate surface area is 132 Å². The van der Waals surface area contributed by atoms with Gasteiger partial charge in [0.05, 0.1) is 22.9 Å². The molecule has 0 aliphatic rings. The number of nitrogens with one attached hydrogen (secondary N) is 1. The quantitative estimate of drug-likeness (QED) is 0.832. The molecule has 0 aliphatic heterocycles. The predicted molar refractivity (Wildman–Crippen MR) is 87.8 cm³/mol. The van der Waals surface area contributed by atoms with E-state index < -0.39 is 0 Å². The molecule has 0 aromatic carbocycles. The number of thiophene rings is 2. The van der Waals surface area contributed by atoms with Crippen LogP contribution in [0.4, 0.5) is 0 Å². The molecule has 3 nitrogen and oxygen atoms in total. The summed E-state index contributed by atoms with van der Waals surface area (Å²) in [6, 6.07) is 5.92. The number of rotatable bonds is 5. The van der Waals surface area contributed by atoms with E-state index >= 15 is 0 Å². The van der Waals surface area contributed by atoms with Gasteiger partial charge in [-0.25, -0.2) is 0 Å². The highest BCUT2D eigenvalue weighted by Crippen LogP contribution is 2.18. The summed E-state index contributed by atoms with van der Waals surface area (Å²) in [6.07, 6.45) is 1.36. The van der Waals surface area contributed by atoms with Crippen LogP contribution in [0.5, 0.6) is 0 Å². The Morgan fingerprint density at radius 2 is 2.24 bits per heavy atom. The molecule has 2 heterocycles. The third kappa shape index (κ3) is 4.43. The topological polar surface area (TPSA) is 49.3 Å². The zero-order valence-corrected chi connectivity index (χ0v) is 13.4. The SMILES string of the molecule is CCc1ccsc1C(=O)NCc1ccc(C#CCCO)s1. The molecule has 0 bridgehead atoms. The summed E-state index contributed by atoms with van der Waals surface area (Å²) in [5.41, 5.74) is 1.10. The van der Waals surface area contributed by atoms with Gasteiger partial charge in [0.15, 0.2) is 0 Å². The fraction of sp³-hybridized carbons (Fsp3) is 0.312. The van der Waals surface area contributed by atoms with Crippen LogP contribution >= 0.6 is 22.7 Å². The number of carbonyl (C=O) groups is 1. The standard InChI is InChI=1S/C16H17NO2S2/c1-2-12-8-10-20-15(12)16(19)17-11-14-7-6-13(21-14)5-3-4-9-18/h6-8,10,18H,2,4,9,11H2,1H3,(H,17,19). The van der Waals surface area contributed by atoms with Crippen LogP contribution in [0.2, 0.25) is 0 Å². The van der Waals surface area contributed by atoms with E-state index in [1.54, 1.807) is 11.3 Å². The number of aryl methyl sites for hydroxylation is 1. The first-order valence-electron chi connectivity index (χ1n) is 6.77. The number of aliphatic hydroxyl groups excluding tert-OH is 1. The monoisotopic (exact) mass is 319 g/mol. The van der Waals surface area contributed by atoms with Crippen LogP contribution in [0.25, 0.3) is 0 Å². The molecule has 0 fully saturated rings. The van der Waals surface area contributed by atoms with Crippen molar-refractivity contribution in [3.63, 3.8) is 0 Å². The molecule has 0 radical (unpaired) electrons. The van der Waals surface area contributed by atoms with Gasteiger partial charge in [0.1, 0.15) is 0 Å². The Morgan fingerprint density at radius 3 is 3.00 bits per heavy atom. The molecule has 2 aromatic heterocycles. The van der Waals surface area contributed by atoms with E-state index in [1.807, 2.05) is 23.6 Å². The van der Waals surface area contributed by atoms with Gasteiger partial charge in [-0.2, -0.15) is 0 Å². The molecule has 0 unspecified atom stereocenters. The predicted octanol–water partition coefficient (Wildman–Crippen LogP) is 3.04. The third-order valence-electron chi connectivity index (χ3n) is 2.87. The highest BCUT2D eigenvalue weighted by atomic mass is 32.1. The third-order valence-corrected chi connectivity index (χ3v) is 4.82. The zero-order chi connectivity index (χ0) is 15.1. The summed E-state index contributed by atoms with van der Waals surface area (Å²) < 4.78 is 0. The molecule has 1 amide bonds. The van der Waals surface area contributed by atoms with Crippen molar-refractivity contribution in [3.05, 3.63) is 43.8 Å². The van der Waals surface area contributed by atoms with E-state index in [2.05, 4.69) is 24.1 Å². The van der Waals surface area contributed by atoms with Gasteiger partial charge in [-0.3, -0.25) is 4.79 Å². The van der Waals surface area contributed by atoms with Crippen LogP contribution in [-0.2, 0) is 13.0 Å². The van der Waals surface area contributed by atoms with Crippen molar-refractivity contribution >= 4 is 28.6 Å². The van der Waals surface area contributed by atoms with Gasteiger partial charge in [0.25, 0.3) is 5.91 Å². The lowest BCUT2D eigenvalue weighted by molar-refractivity contribution is 0.0954. The van der Waals surface area contributed by atoms with Crippen LogP contribution in [-0.4, -0.2) is 17.6 Å². The molecule has 0 saturated heterocycles. The summed E-state index contributed by atoms with van der Waals surface area (Å²) in [5.74, 6) is 5.88. The van der Waals surface area contributed by atoms with Gasteiger partial charge in [0, 0.05) is 11.3 Å². The maximum absolute atomic E-state index is 12.1. The summed E-state index contributed by atoms with van der Waals surface area (Å²) >= 11 is 3.05. The number of carbonyl (C=O) groups excluding carboxylic acids is 1. The van der Waals surface area contributed by atoms with E-state index in [0.29, 0.717) is 13.0 Å². The minimum atomic E-state index is -0.0110. The Bertz CT molecular complexity index is 661. The average molecular weight is 319 g/mol. The van der Waals surface area contributed by atoms with E-state index in [0.717, 1.165) is 26.6 Å². The van der Waals surface area contributed by atoms with Gasteiger partial charge in [0.2, 0.25) is 0 Å². The van der Waals surface area contributed by atoms with Crippen LogP contribution in [0.1, 0.15) is 38.3 Å². The molecular formula is C16H17NO2S2.